The van der Waals surface area contributed by atoms with E-state index in [9.17, 15) is 0 Å². The lowest BCUT2D eigenvalue weighted by Gasteiger charge is -2.14. The summed E-state index contributed by atoms with van der Waals surface area (Å²) in [6, 6.07) is 2.04. The van der Waals surface area contributed by atoms with Crippen LogP contribution in [0.3, 0.4) is 0 Å². The van der Waals surface area contributed by atoms with Crippen molar-refractivity contribution >= 4 is 28.1 Å². The second-order valence-electron chi connectivity index (χ2n) is 4.30. The van der Waals surface area contributed by atoms with Gasteiger partial charge in [0.15, 0.2) is 10.3 Å². The van der Waals surface area contributed by atoms with Crippen LogP contribution in [0, 0.1) is 23.2 Å². The highest BCUT2D eigenvalue weighted by atomic mass is 35.5. The maximum Gasteiger partial charge on any atom is 0.185 e. The van der Waals surface area contributed by atoms with E-state index < -0.39 is 0 Å². The maximum atomic E-state index is 8.76. The van der Waals surface area contributed by atoms with Crippen LogP contribution >= 0.6 is 22.9 Å². The Kier molecular flexibility index (Phi) is 3.67. The fourth-order valence-electron chi connectivity index (χ4n) is 2.19. The zero-order valence-electron chi connectivity index (χ0n) is 9.16. The fraction of sp³-hybridized carbons (Fsp3) is 0.636. The summed E-state index contributed by atoms with van der Waals surface area (Å²) < 4.78 is 0. The van der Waals surface area contributed by atoms with Crippen molar-refractivity contribution < 1.29 is 0 Å². The molecule has 1 aliphatic carbocycles. The van der Waals surface area contributed by atoms with Gasteiger partial charge in [-0.1, -0.05) is 42.7 Å². The fourth-order valence-corrected chi connectivity index (χ4v) is 3.14. The molecule has 0 amide bonds. The van der Waals surface area contributed by atoms with E-state index in [1.165, 1.54) is 30.6 Å². The van der Waals surface area contributed by atoms with Crippen molar-refractivity contribution in [2.45, 2.75) is 26.2 Å². The van der Waals surface area contributed by atoms with E-state index in [1.807, 2.05) is 6.07 Å². The van der Waals surface area contributed by atoms with Crippen molar-refractivity contribution in [2.75, 3.05) is 11.9 Å². The molecule has 3 nitrogen and oxygen atoms in total. The minimum atomic E-state index is 0.314. The molecule has 2 unspecified atom stereocenters. The van der Waals surface area contributed by atoms with Crippen LogP contribution in [-0.2, 0) is 0 Å². The Hall–Kier alpha value is -0.790. The molecule has 86 valence electrons. The number of aromatic nitrogens is 1. The number of rotatable bonds is 3. The number of anilines is 1. The molecule has 0 saturated heterocycles. The third-order valence-corrected chi connectivity index (χ3v) is 4.55. The zero-order valence-corrected chi connectivity index (χ0v) is 10.7. The SMILES string of the molecule is CC1CCCC1CNc1nc(Cl)c(C#N)s1. The first-order valence-corrected chi connectivity index (χ1v) is 6.70. The number of nitriles is 1. The number of hydrogen-bond donors (Lipinski definition) is 1. The van der Waals surface area contributed by atoms with Crippen molar-refractivity contribution in [2.24, 2.45) is 11.8 Å². The van der Waals surface area contributed by atoms with Gasteiger partial charge in [0.05, 0.1) is 0 Å². The van der Waals surface area contributed by atoms with Gasteiger partial charge in [0.25, 0.3) is 0 Å². The van der Waals surface area contributed by atoms with Gasteiger partial charge in [-0.25, -0.2) is 4.98 Å². The minimum absolute atomic E-state index is 0.314. The van der Waals surface area contributed by atoms with Gasteiger partial charge in [-0.2, -0.15) is 5.26 Å². The standard InChI is InChI=1S/C11H14ClN3S/c1-7-3-2-4-8(7)6-14-11-15-10(12)9(5-13)16-11/h7-8H,2-4,6H2,1H3,(H,14,15). The molecule has 1 heterocycles. The Bertz CT molecular complexity index is 410. The van der Waals surface area contributed by atoms with Gasteiger partial charge < -0.3 is 5.32 Å². The van der Waals surface area contributed by atoms with Crippen LogP contribution in [0.1, 0.15) is 31.1 Å². The number of nitrogens with zero attached hydrogens (tertiary/aromatic N) is 2. The minimum Gasteiger partial charge on any atom is -0.361 e. The van der Waals surface area contributed by atoms with Crippen LogP contribution < -0.4 is 5.32 Å². The van der Waals surface area contributed by atoms with E-state index in [0.29, 0.717) is 10.0 Å². The second-order valence-corrected chi connectivity index (χ2v) is 5.66. The highest BCUT2D eigenvalue weighted by molar-refractivity contribution is 7.16. The third kappa shape index (κ3) is 2.47. The van der Waals surface area contributed by atoms with Gasteiger partial charge in [-0.3, -0.25) is 0 Å². The lowest BCUT2D eigenvalue weighted by atomic mass is 9.98. The van der Waals surface area contributed by atoms with Crippen molar-refractivity contribution in [3.63, 3.8) is 0 Å². The van der Waals surface area contributed by atoms with Crippen molar-refractivity contribution in [1.29, 1.82) is 5.26 Å². The number of thiazole rings is 1. The Balaban J connectivity index is 1.92. The van der Waals surface area contributed by atoms with Gasteiger partial charge in [-0.15, -0.1) is 0 Å². The summed E-state index contributed by atoms with van der Waals surface area (Å²) in [6.07, 6.45) is 3.95. The molecule has 2 rings (SSSR count). The summed E-state index contributed by atoms with van der Waals surface area (Å²) in [4.78, 5) is 4.61. The molecular formula is C11H14ClN3S. The molecule has 5 heteroatoms. The van der Waals surface area contributed by atoms with E-state index >= 15 is 0 Å². The molecule has 0 aliphatic heterocycles. The molecule has 1 saturated carbocycles. The van der Waals surface area contributed by atoms with Crippen LogP contribution in [-0.4, -0.2) is 11.5 Å². The predicted octanol–water partition coefficient (Wildman–Crippen LogP) is 3.52. The molecule has 1 aromatic rings. The van der Waals surface area contributed by atoms with E-state index in [2.05, 4.69) is 17.2 Å². The van der Waals surface area contributed by atoms with Crippen LogP contribution in [0.15, 0.2) is 0 Å². The summed E-state index contributed by atoms with van der Waals surface area (Å²) in [5, 5.41) is 13.1. The summed E-state index contributed by atoms with van der Waals surface area (Å²) in [7, 11) is 0. The van der Waals surface area contributed by atoms with Gasteiger partial charge in [0.2, 0.25) is 0 Å². The first-order chi connectivity index (χ1) is 7.70. The number of hydrogen-bond acceptors (Lipinski definition) is 4. The molecule has 0 aromatic carbocycles. The van der Waals surface area contributed by atoms with Gasteiger partial charge in [0.1, 0.15) is 10.9 Å². The summed E-state index contributed by atoms with van der Waals surface area (Å²) in [6.45, 7) is 3.24. The van der Waals surface area contributed by atoms with Crippen molar-refractivity contribution in [3.8, 4) is 6.07 Å². The lowest BCUT2D eigenvalue weighted by molar-refractivity contribution is 0.439. The zero-order chi connectivity index (χ0) is 11.5. The van der Waals surface area contributed by atoms with E-state index in [1.54, 1.807) is 0 Å². The molecule has 0 radical (unpaired) electrons. The van der Waals surface area contributed by atoms with E-state index in [4.69, 9.17) is 16.9 Å². The molecule has 1 aliphatic rings. The first kappa shape index (κ1) is 11.7. The largest absolute Gasteiger partial charge is 0.361 e. The Morgan fingerprint density at radius 2 is 2.44 bits per heavy atom. The van der Waals surface area contributed by atoms with Gasteiger partial charge >= 0.3 is 0 Å². The monoisotopic (exact) mass is 255 g/mol. The van der Waals surface area contributed by atoms with Crippen LogP contribution in [0.4, 0.5) is 5.13 Å². The summed E-state index contributed by atoms with van der Waals surface area (Å²) >= 11 is 7.13. The topological polar surface area (TPSA) is 48.7 Å². The molecular weight excluding hydrogens is 242 g/mol. The molecule has 0 spiro atoms. The Morgan fingerprint density at radius 3 is 3.00 bits per heavy atom. The normalized spacial score (nSPS) is 24.3. The first-order valence-electron chi connectivity index (χ1n) is 5.51. The Morgan fingerprint density at radius 1 is 1.62 bits per heavy atom. The van der Waals surface area contributed by atoms with E-state index in [-0.39, 0.29) is 0 Å². The van der Waals surface area contributed by atoms with Crippen molar-refractivity contribution in [3.05, 3.63) is 10.0 Å². The number of halogens is 1. The third-order valence-electron chi connectivity index (χ3n) is 3.24. The highest BCUT2D eigenvalue weighted by Crippen LogP contribution is 2.32. The van der Waals surface area contributed by atoms with Crippen LogP contribution in [0.2, 0.25) is 5.15 Å². The van der Waals surface area contributed by atoms with Gasteiger partial charge in [0, 0.05) is 6.54 Å². The molecule has 0 bridgehead atoms. The molecule has 2 atom stereocenters. The van der Waals surface area contributed by atoms with Crippen molar-refractivity contribution in [1.82, 2.24) is 4.98 Å². The molecule has 1 N–H and O–H groups in total. The predicted molar refractivity (Wildman–Crippen MR) is 66.8 cm³/mol. The molecule has 16 heavy (non-hydrogen) atoms. The smallest absolute Gasteiger partial charge is 0.185 e. The molecule has 1 fully saturated rings. The maximum absolute atomic E-state index is 8.76. The highest BCUT2D eigenvalue weighted by Gasteiger charge is 2.23. The quantitative estimate of drug-likeness (QED) is 0.899. The molecule has 1 aromatic heterocycles. The lowest BCUT2D eigenvalue weighted by Crippen LogP contribution is -2.16. The van der Waals surface area contributed by atoms with Crippen LogP contribution in [0.5, 0.6) is 0 Å². The average Bonchev–Trinajstić information content (AvgIpc) is 2.82. The average molecular weight is 256 g/mol. The van der Waals surface area contributed by atoms with Gasteiger partial charge in [-0.05, 0) is 18.3 Å². The van der Waals surface area contributed by atoms with E-state index in [0.717, 1.165) is 23.5 Å². The van der Waals surface area contributed by atoms with Crippen LogP contribution in [0.25, 0.3) is 0 Å². The Labute approximate surface area is 104 Å². The second kappa shape index (κ2) is 5.03. The number of nitrogens with one attached hydrogen (secondary N) is 1. The summed E-state index contributed by atoms with van der Waals surface area (Å²) in [5.41, 5.74) is 0. The summed E-state index contributed by atoms with van der Waals surface area (Å²) in [5.74, 6) is 1.52.